The molecule has 1 aliphatic heterocycles. The molecular weight excluding hydrogens is 402 g/mol. The highest BCUT2D eigenvalue weighted by atomic mass is 16.2. The summed E-state index contributed by atoms with van der Waals surface area (Å²) in [7, 11) is 0. The Kier molecular flexibility index (Phi) is 6.60. The minimum atomic E-state index is -0.253. The van der Waals surface area contributed by atoms with Crippen molar-refractivity contribution in [3.8, 4) is 0 Å². The van der Waals surface area contributed by atoms with E-state index >= 15 is 0 Å². The standard InChI is InChI=1S/C24H33N7O/c1-17-7-5-6-8-22(17)26-24(32)27-23-9-12-25-31(23)21-10-13-29(14-11-21)20(4)16-30-19(3)15-18(2)28-30/h5-9,12,15,20-21H,10-11,13-14,16H2,1-4H3,(H2,26,27,32)/t20-/m1/s1. The quantitative estimate of drug-likeness (QED) is 0.602. The van der Waals surface area contributed by atoms with Crippen LogP contribution in [0.1, 0.15) is 42.8 Å². The number of nitrogens with zero attached hydrogens (tertiary/aromatic N) is 5. The van der Waals surface area contributed by atoms with Gasteiger partial charge in [0.05, 0.1) is 24.5 Å². The fraction of sp³-hybridized carbons (Fsp3) is 0.458. The maximum absolute atomic E-state index is 12.5. The van der Waals surface area contributed by atoms with E-state index in [9.17, 15) is 4.79 Å². The van der Waals surface area contributed by atoms with Gasteiger partial charge >= 0.3 is 6.03 Å². The van der Waals surface area contributed by atoms with Crippen LogP contribution >= 0.6 is 0 Å². The van der Waals surface area contributed by atoms with Gasteiger partial charge in [-0.3, -0.25) is 14.9 Å². The Morgan fingerprint density at radius 3 is 2.56 bits per heavy atom. The van der Waals surface area contributed by atoms with Crippen LogP contribution in [-0.2, 0) is 6.54 Å². The molecule has 1 fully saturated rings. The molecule has 170 valence electrons. The van der Waals surface area contributed by atoms with Crippen LogP contribution in [0.5, 0.6) is 0 Å². The van der Waals surface area contributed by atoms with Crippen molar-refractivity contribution in [2.45, 2.75) is 59.2 Å². The summed E-state index contributed by atoms with van der Waals surface area (Å²) in [4.78, 5) is 15.1. The Bertz CT molecular complexity index is 1060. The monoisotopic (exact) mass is 435 g/mol. The maximum Gasteiger partial charge on any atom is 0.324 e. The Morgan fingerprint density at radius 2 is 1.88 bits per heavy atom. The molecule has 2 amide bonds. The normalized spacial score (nSPS) is 16.1. The number of carbonyl (C=O) groups is 1. The van der Waals surface area contributed by atoms with Crippen molar-refractivity contribution >= 4 is 17.5 Å². The van der Waals surface area contributed by atoms with Gasteiger partial charge < -0.3 is 5.32 Å². The molecule has 1 saturated heterocycles. The fourth-order valence-corrected chi connectivity index (χ4v) is 4.48. The van der Waals surface area contributed by atoms with Gasteiger partial charge in [0, 0.05) is 36.6 Å². The molecule has 1 aromatic carbocycles. The molecule has 8 heteroatoms. The summed E-state index contributed by atoms with van der Waals surface area (Å²) >= 11 is 0. The minimum Gasteiger partial charge on any atom is -0.307 e. The number of amides is 2. The average Bonchev–Trinajstić information content (AvgIpc) is 3.35. The van der Waals surface area contributed by atoms with Crippen LogP contribution in [0.3, 0.4) is 0 Å². The first-order valence-corrected chi connectivity index (χ1v) is 11.3. The zero-order chi connectivity index (χ0) is 22.7. The van der Waals surface area contributed by atoms with Crippen molar-refractivity contribution in [2.24, 2.45) is 0 Å². The summed E-state index contributed by atoms with van der Waals surface area (Å²) in [6.07, 6.45) is 3.75. The van der Waals surface area contributed by atoms with Gasteiger partial charge in [-0.2, -0.15) is 10.2 Å². The van der Waals surface area contributed by atoms with E-state index < -0.39 is 0 Å². The largest absolute Gasteiger partial charge is 0.324 e. The Hall–Kier alpha value is -3.13. The van der Waals surface area contributed by atoms with E-state index in [-0.39, 0.29) is 12.1 Å². The van der Waals surface area contributed by atoms with Crippen LogP contribution in [0, 0.1) is 20.8 Å². The number of benzene rings is 1. The molecule has 0 bridgehead atoms. The third kappa shape index (κ3) is 5.02. The number of para-hydroxylation sites is 1. The second kappa shape index (κ2) is 9.56. The summed E-state index contributed by atoms with van der Waals surface area (Å²) < 4.78 is 4.06. The highest BCUT2D eigenvalue weighted by Gasteiger charge is 2.26. The molecule has 0 radical (unpaired) electrons. The van der Waals surface area contributed by atoms with Crippen molar-refractivity contribution in [1.82, 2.24) is 24.5 Å². The van der Waals surface area contributed by atoms with E-state index in [0.717, 1.165) is 55.2 Å². The fourth-order valence-electron chi connectivity index (χ4n) is 4.48. The third-order valence-corrected chi connectivity index (χ3v) is 6.31. The first-order chi connectivity index (χ1) is 15.4. The summed E-state index contributed by atoms with van der Waals surface area (Å²) in [5.74, 6) is 0.727. The van der Waals surface area contributed by atoms with Gasteiger partial charge in [-0.15, -0.1) is 0 Å². The number of aromatic nitrogens is 4. The molecule has 1 aliphatic rings. The minimum absolute atomic E-state index is 0.253. The molecule has 2 aromatic heterocycles. The van der Waals surface area contributed by atoms with Gasteiger partial charge in [0.1, 0.15) is 5.82 Å². The van der Waals surface area contributed by atoms with Crippen LogP contribution in [0.2, 0.25) is 0 Å². The second-order valence-corrected chi connectivity index (χ2v) is 8.78. The average molecular weight is 436 g/mol. The lowest BCUT2D eigenvalue weighted by Gasteiger charge is -2.36. The van der Waals surface area contributed by atoms with Crippen molar-refractivity contribution < 1.29 is 4.79 Å². The molecule has 1 atom stereocenters. The van der Waals surface area contributed by atoms with Crippen molar-refractivity contribution in [1.29, 1.82) is 0 Å². The zero-order valence-electron chi connectivity index (χ0n) is 19.4. The molecule has 8 nitrogen and oxygen atoms in total. The highest BCUT2D eigenvalue weighted by molar-refractivity contribution is 5.99. The lowest BCUT2D eigenvalue weighted by molar-refractivity contribution is 0.126. The van der Waals surface area contributed by atoms with E-state index in [1.165, 1.54) is 5.69 Å². The highest BCUT2D eigenvalue weighted by Crippen LogP contribution is 2.27. The predicted octanol–water partition coefficient (Wildman–Crippen LogP) is 4.37. The number of nitrogens with one attached hydrogen (secondary N) is 2. The third-order valence-electron chi connectivity index (χ3n) is 6.31. The smallest absolute Gasteiger partial charge is 0.307 e. The number of piperidine rings is 1. The van der Waals surface area contributed by atoms with E-state index in [1.54, 1.807) is 6.20 Å². The van der Waals surface area contributed by atoms with Gasteiger partial charge in [-0.25, -0.2) is 9.48 Å². The van der Waals surface area contributed by atoms with Gasteiger partial charge in [-0.05, 0) is 58.2 Å². The molecule has 3 heterocycles. The van der Waals surface area contributed by atoms with E-state index in [0.29, 0.717) is 6.04 Å². The van der Waals surface area contributed by atoms with Crippen LogP contribution in [0.4, 0.5) is 16.3 Å². The molecule has 3 aromatic rings. The summed E-state index contributed by atoms with van der Waals surface area (Å²) in [6, 6.07) is 12.2. The number of rotatable bonds is 6. The summed E-state index contributed by atoms with van der Waals surface area (Å²) in [5.41, 5.74) is 4.11. The zero-order valence-corrected chi connectivity index (χ0v) is 19.4. The molecule has 4 rings (SSSR count). The number of aryl methyl sites for hydroxylation is 3. The lowest BCUT2D eigenvalue weighted by atomic mass is 10.0. The molecular formula is C24H33N7O. The summed E-state index contributed by atoms with van der Waals surface area (Å²) in [5, 5.41) is 15.0. The predicted molar refractivity (Wildman–Crippen MR) is 127 cm³/mol. The van der Waals surface area contributed by atoms with E-state index in [4.69, 9.17) is 0 Å². The van der Waals surface area contributed by atoms with Gasteiger partial charge in [-0.1, -0.05) is 18.2 Å². The maximum atomic E-state index is 12.5. The number of likely N-dealkylation sites (tertiary alicyclic amines) is 1. The Balaban J connectivity index is 1.32. The molecule has 0 saturated carbocycles. The van der Waals surface area contributed by atoms with Crippen LogP contribution in [0.15, 0.2) is 42.6 Å². The van der Waals surface area contributed by atoms with Crippen LogP contribution in [-0.4, -0.2) is 49.6 Å². The van der Waals surface area contributed by atoms with Gasteiger partial charge in [0.2, 0.25) is 0 Å². The second-order valence-electron chi connectivity index (χ2n) is 8.78. The van der Waals surface area contributed by atoms with Crippen LogP contribution < -0.4 is 10.6 Å². The van der Waals surface area contributed by atoms with Crippen molar-refractivity contribution in [2.75, 3.05) is 23.7 Å². The summed E-state index contributed by atoms with van der Waals surface area (Å²) in [6.45, 7) is 11.3. The Morgan fingerprint density at radius 1 is 1.12 bits per heavy atom. The molecule has 0 spiro atoms. The number of urea groups is 1. The van der Waals surface area contributed by atoms with E-state index in [2.05, 4.69) is 50.3 Å². The van der Waals surface area contributed by atoms with Crippen molar-refractivity contribution in [3.63, 3.8) is 0 Å². The molecule has 32 heavy (non-hydrogen) atoms. The molecule has 0 unspecified atom stereocenters. The molecule has 2 N–H and O–H groups in total. The number of carbonyl (C=O) groups excluding carboxylic acids is 1. The van der Waals surface area contributed by atoms with Gasteiger partial charge in [0.15, 0.2) is 0 Å². The molecule has 0 aliphatic carbocycles. The SMILES string of the molecule is Cc1cc(C)n(C[C@@H](C)N2CCC(n3nccc3NC(=O)Nc3ccccc3C)CC2)n1. The van der Waals surface area contributed by atoms with Crippen molar-refractivity contribution in [3.05, 3.63) is 59.5 Å². The van der Waals surface area contributed by atoms with Gasteiger partial charge in [0.25, 0.3) is 0 Å². The first-order valence-electron chi connectivity index (χ1n) is 11.3. The first kappa shape index (κ1) is 22.1. The number of hydrogen-bond donors (Lipinski definition) is 2. The lowest BCUT2D eigenvalue weighted by Crippen LogP contribution is -2.42. The van der Waals surface area contributed by atoms with E-state index in [1.807, 2.05) is 48.9 Å². The Labute approximate surface area is 189 Å². The number of anilines is 2. The van der Waals surface area contributed by atoms with Crippen LogP contribution in [0.25, 0.3) is 0 Å². The topological polar surface area (TPSA) is 80.0 Å². The number of hydrogen-bond acceptors (Lipinski definition) is 4.